The van der Waals surface area contributed by atoms with Gasteiger partial charge in [-0.15, -0.1) is 0 Å². The van der Waals surface area contributed by atoms with Gasteiger partial charge in [0.15, 0.2) is 0 Å². The Balaban J connectivity index is 1.54. The minimum atomic E-state index is -0.652. The second kappa shape index (κ2) is 6.92. The van der Waals surface area contributed by atoms with Gasteiger partial charge < -0.3 is 14.5 Å². The summed E-state index contributed by atoms with van der Waals surface area (Å²) >= 11 is 0. The summed E-state index contributed by atoms with van der Waals surface area (Å²) in [7, 11) is 3.74. The van der Waals surface area contributed by atoms with Crippen molar-refractivity contribution in [3.05, 3.63) is 0 Å². The largest absolute Gasteiger partial charge is 0.372 e. The first-order valence-corrected chi connectivity index (χ1v) is 9.03. The molecule has 1 spiro atoms. The van der Waals surface area contributed by atoms with Crippen molar-refractivity contribution in [2.45, 2.75) is 44.4 Å². The van der Waals surface area contributed by atoms with Crippen LogP contribution in [0, 0.1) is 0 Å². The average molecular weight is 351 g/mol. The highest BCUT2D eigenvalue weighted by Crippen LogP contribution is 2.30. The fraction of sp³-hybridized carbons (Fsp3) is 0.824. The summed E-state index contributed by atoms with van der Waals surface area (Å²) in [5.41, 5.74) is -0.652. The molecule has 25 heavy (non-hydrogen) atoms. The van der Waals surface area contributed by atoms with Crippen LogP contribution in [-0.2, 0) is 14.3 Å². The molecule has 3 aliphatic rings. The molecule has 8 heteroatoms. The van der Waals surface area contributed by atoms with Gasteiger partial charge >= 0.3 is 0 Å². The third kappa shape index (κ3) is 3.79. The highest BCUT2D eigenvalue weighted by molar-refractivity contribution is 6.07. The lowest BCUT2D eigenvalue weighted by molar-refractivity contribution is -0.144. The molecule has 2 fully saturated rings. The first kappa shape index (κ1) is 18.1. The van der Waals surface area contributed by atoms with E-state index in [4.69, 9.17) is 4.74 Å². The number of aliphatic imine (C=N–C) groups is 1. The number of carbonyl (C=O) groups excluding carboxylic acids is 2. The Hall–Kier alpha value is -1.67. The van der Waals surface area contributed by atoms with Gasteiger partial charge in [0.1, 0.15) is 5.54 Å². The predicted octanol–water partition coefficient (Wildman–Crippen LogP) is -0.496. The molecular weight excluding hydrogens is 322 g/mol. The van der Waals surface area contributed by atoms with E-state index in [2.05, 4.69) is 15.2 Å². The normalized spacial score (nSPS) is 29.5. The fourth-order valence-electron chi connectivity index (χ4n) is 3.80. The minimum Gasteiger partial charge on any atom is -0.372 e. The number of ether oxygens (including phenoxy) is 1. The second-order valence-electron chi connectivity index (χ2n) is 7.65. The third-order valence-corrected chi connectivity index (χ3v) is 5.21. The number of guanidine groups is 1. The van der Waals surface area contributed by atoms with Crippen LogP contribution >= 0.6 is 0 Å². The summed E-state index contributed by atoms with van der Waals surface area (Å²) in [6, 6.07) is 0. The molecule has 2 amide bonds. The molecule has 2 atom stereocenters. The first-order chi connectivity index (χ1) is 11.8. The van der Waals surface area contributed by atoms with Crippen molar-refractivity contribution in [2.24, 2.45) is 4.99 Å². The summed E-state index contributed by atoms with van der Waals surface area (Å²) in [6.07, 6.45) is 1.47. The summed E-state index contributed by atoms with van der Waals surface area (Å²) in [5.74, 6) is 0.759. The lowest BCUT2D eigenvalue weighted by Crippen LogP contribution is -2.54. The summed E-state index contributed by atoms with van der Waals surface area (Å²) < 4.78 is 5.69. The van der Waals surface area contributed by atoms with Crippen molar-refractivity contribution >= 4 is 17.8 Å². The number of piperidine rings is 1. The Kier molecular flexibility index (Phi) is 5.02. The number of hydrogen-bond donors (Lipinski definition) is 1. The van der Waals surface area contributed by atoms with Gasteiger partial charge in [0.05, 0.1) is 18.8 Å². The molecule has 3 heterocycles. The zero-order valence-corrected chi connectivity index (χ0v) is 15.6. The lowest BCUT2D eigenvalue weighted by atomic mass is 9.88. The van der Waals surface area contributed by atoms with E-state index in [1.807, 2.05) is 37.7 Å². The molecule has 0 unspecified atom stereocenters. The van der Waals surface area contributed by atoms with Gasteiger partial charge in [-0.3, -0.25) is 19.8 Å². The third-order valence-electron chi connectivity index (χ3n) is 5.21. The molecule has 3 aliphatic heterocycles. The summed E-state index contributed by atoms with van der Waals surface area (Å²) in [5, 5.41) is 2.86. The van der Waals surface area contributed by atoms with Crippen molar-refractivity contribution in [1.29, 1.82) is 0 Å². The molecule has 2 saturated heterocycles. The quantitative estimate of drug-likeness (QED) is 0.726. The fourth-order valence-corrected chi connectivity index (χ4v) is 3.80. The molecule has 0 aromatic heterocycles. The van der Waals surface area contributed by atoms with Crippen molar-refractivity contribution in [3.8, 4) is 0 Å². The zero-order chi connectivity index (χ0) is 18.2. The smallest absolute Gasteiger partial charge is 0.254 e. The van der Waals surface area contributed by atoms with E-state index in [0.29, 0.717) is 51.5 Å². The first-order valence-electron chi connectivity index (χ1n) is 9.03. The van der Waals surface area contributed by atoms with E-state index in [1.54, 1.807) is 0 Å². The van der Waals surface area contributed by atoms with Gasteiger partial charge in [-0.2, -0.15) is 0 Å². The Labute approximate surface area is 149 Å². The molecule has 0 aliphatic carbocycles. The Morgan fingerprint density at radius 2 is 1.88 bits per heavy atom. The summed E-state index contributed by atoms with van der Waals surface area (Å²) in [6.45, 7) is 7.12. The van der Waals surface area contributed by atoms with Gasteiger partial charge in [0, 0.05) is 40.3 Å². The standard InChI is InChI=1S/C17H29N5O3/c1-12-9-22(10-13(2)25-12)14(23)11-21-7-5-17(6-8-21)15(24)18-16(19-17)20(3)4/h12-13H,5-11H2,1-4H3,(H,18,19,24)/t12-,13+. The molecule has 140 valence electrons. The van der Waals surface area contributed by atoms with Crippen LogP contribution in [0.4, 0.5) is 0 Å². The molecule has 0 radical (unpaired) electrons. The van der Waals surface area contributed by atoms with Crippen LogP contribution in [0.5, 0.6) is 0 Å². The van der Waals surface area contributed by atoms with Crippen LogP contribution in [0.3, 0.4) is 0 Å². The second-order valence-corrected chi connectivity index (χ2v) is 7.65. The van der Waals surface area contributed by atoms with Gasteiger partial charge in [-0.1, -0.05) is 0 Å². The van der Waals surface area contributed by atoms with Gasteiger partial charge in [-0.25, -0.2) is 4.99 Å². The topological polar surface area (TPSA) is 77.5 Å². The Morgan fingerprint density at radius 1 is 1.28 bits per heavy atom. The molecule has 0 aromatic rings. The maximum absolute atomic E-state index is 12.6. The number of amides is 2. The molecular formula is C17H29N5O3. The van der Waals surface area contributed by atoms with Gasteiger partial charge in [0.2, 0.25) is 11.9 Å². The number of morpholine rings is 1. The number of nitrogens with one attached hydrogen (secondary N) is 1. The molecule has 8 nitrogen and oxygen atoms in total. The number of carbonyl (C=O) groups is 2. The molecule has 1 N–H and O–H groups in total. The van der Waals surface area contributed by atoms with Crippen molar-refractivity contribution in [1.82, 2.24) is 20.0 Å². The number of rotatable bonds is 2. The molecule has 0 bridgehead atoms. The number of hydrogen-bond acceptors (Lipinski definition) is 6. The van der Waals surface area contributed by atoms with Crippen LogP contribution in [0.1, 0.15) is 26.7 Å². The SMILES string of the molecule is C[C@@H]1CN(C(=O)CN2CCC3(CC2)N=C(N(C)C)NC3=O)C[C@H](C)O1. The van der Waals surface area contributed by atoms with Crippen LogP contribution in [0.2, 0.25) is 0 Å². The van der Waals surface area contributed by atoms with Crippen LogP contribution in [0.25, 0.3) is 0 Å². The molecule has 3 rings (SSSR count). The highest BCUT2D eigenvalue weighted by atomic mass is 16.5. The lowest BCUT2D eigenvalue weighted by Gasteiger charge is -2.38. The van der Waals surface area contributed by atoms with Gasteiger partial charge in [0.25, 0.3) is 5.91 Å². The van der Waals surface area contributed by atoms with E-state index >= 15 is 0 Å². The van der Waals surface area contributed by atoms with E-state index < -0.39 is 5.54 Å². The van der Waals surface area contributed by atoms with E-state index in [0.717, 1.165) is 0 Å². The Morgan fingerprint density at radius 3 is 2.40 bits per heavy atom. The predicted molar refractivity (Wildman–Crippen MR) is 94.3 cm³/mol. The maximum Gasteiger partial charge on any atom is 0.254 e. The number of likely N-dealkylation sites (tertiary alicyclic amines) is 1. The van der Waals surface area contributed by atoms with Crippen molar-refractivity contribution in [3.63, 3.8) is 0 Å². The monoisotopic (exact) mass is 351 g/mol. The van der Waals surface area contributed by atoms with E-state index in [-0.39, 0.29) is 24.0 Å². The number of nitrogens with zero attached hydrogens (tertiary/aromatic N) is 4. The molecule has 0 saturated carbocycles. The van der Waals surface area contributed by atoms with Crippen molar-refractivity contribution in [2.75, 3.05) is 46.8 Å². The van der Waals surface area contributed by atoms with E-state index in [9.17, 15) is 9.59 Å². The highest BCUT2D eigenvalue weighted by Gasteiger charge is 2.46. The van der Waals surface area contributed by atoms with Crippen LogP contribution in [0.15, 0.2) is 4.99 Å². The van der Waals surface area contributed by atoms with Gasteiger partial charge in [-0.05, 0) is 26.7 Å². The Bertz CT molecular complexity index is 559. The zero-order valence-electron chi connectivity index (χ0n) is 15.6. The average Bonchev–Trinajstić information content (AvgIpc) is 2.86. The summed E-state index contributed by atoms with van der Waals surface area (Å²) in [4.78, 5) is 35.4. The van der Waals surface area contributed by atoms with Crippen molar-refractivity contribution < 1.29 is 14.3 Å². The van der Waals surface area contributed by atoms with Crippen LogP contribution in [-0.4, -0.2) is 97.0 Å². The minimum absolute atomic E-state index is 0.0157. The van der Waals surface area contributed by atoms with E-state index in [1.165, 1.54) is 0 Å². The molecule has 0 aromatic carbocycles. The maximum atomic E-state index is 12.6. The van der Waals surface area contributed by atoms with Crippen LogP contribution < -0.4 is 5.32 Å².